The zero-order chi connectivity index (χ0) is 11.8. The fourth-order valence-corrected chi connectivity index (χ4v) is 2.82. The summed E-state index contributed by atoms with van der Waals surface area (Å²) in [6, 6.07) is 5.44. The van der Waals surface area contributed by atoms with Gasteiger partial charge in [0, 0.05) is 0 Å². The second kappa shape index (κ2) is 4.56. The largest absolute Gasteiger partial charge is 0.385 e. The molecule has 0 spiro atoms. The van der Waals surface area contributed by atoms with Crippen LogP contribution in [-0.4, -0.2) is 5.11 Å². The van der Waals surface area contributed by atoms with Crippen molar-refractivity contribution in [1.82, 2.24) is 0 Å². The van der Waals surface area contributed by atoms with Crippen LogP contribution in [0.4, 0.5) is 0 Å². The van der Waals surface area contributed by atoms with Gasteiger partial charge >= 0.3 is 0 Å². The molecule has 0 amide bonds. The van der Waals surface area contributed by atoms with E-state index in [4.69, 9.17) is 23.2 Å². The summed E-state index contributed by atoms with van der Waals surface area (Å²) in [6.45, 7) is 2.10. The number of aliphatic hydroxyl groups is 1. The highest BCUT2D eigenvalue weighted by Gasteiger charge is 2.37. The van der Waals surface area contributed by atoms with Crippen molar-refractivity contribution in [2.24, 2.45) is 5.92 Å². The van der Waals surface area contributed by atoms with E-state index in [1.807, 2.05) is 6.07 Å². The number of benzene rings is 1. The molecule has 0 saturated heterocycles. The van der Waals surface area contributed by atoms with Gasteiger partial charge in [-0.1, -0.05) is 49.0 Å². The zero-order valence-electron chi connectivity index (χ0n) is 9.34. The minimum absolute atomic E-state index is 0.276. The van der Waals surface area contributed by atoms with Crippen molar-refractivity contribution < 1.29 is 5.11 Å². The Morgan fingerprint density at radius 3 is 2.62 bits per heavy atom. The lowest BCUT2D eigenvalue weighted by Gasteiger charge is -2.38. The standard InChI is InChI=1S/C13H16Cl2O/c1-9-4-2-3-7-13(9,16)10-5-6-11(14)12(15)8-10/h5-6,8-9,16H,2-4,7H2,1H3. The molecule has 0 radical (unpaired) electrons. The molecule has 16 heavy (non-hydrogen) atoms. The monoisotopic (exact) mass is 258 g/mol. The third kappa shape index (κ3) is 2.09. The Labute approximate surface area is 106 Å². The van der Waals surface area contributed by atoms with E-state index in [-0.39, 0.29) is 5.92 Å². The summed E-state index contributed by atoms with van der Waals surface area (Å²) >= 11 is 11.9. The first-order valence-electron chi connectivity index (χ1n) is 5.72. The molecule has 0 heterocycles. The summed E-state index contributed by atoms with van der Waals surface area (Å²) < 4.78 is 0. The minimum Gasteiger partial charge on any atom is -0.385 e. The summed E-state index contributed by atoms with van der Waals surface area (Å²) in [5.74, 6) is 0.276. The van der Waals surface area contributed by atoms with Gasteiger partial charge in [0.05, 0.1) is 15.6 Å². The van der Waals surface area contributed by atoms with Crippen molar-refractivity contribution in [3.8, 4) is 0 Å². The summed E-state index contributed by atoms with van der Waals surface area (Å²) in [5, 5.41) is 11.8. The van der Waals surface area contributed by atoms with Gasteiger partial charge in [-0.05, 0) is 36.5 Å². The molecular weight excluding hydrogens is 243 g/mol. The molecule has 0 bridgehead atoms. The lowest BCUT2D eigenvalue weighted by atomic mass is 9.72. The van der Waals surface area contributed by atoms with Crippen molar-refractivity contribution in [2.75, 3.05) is 0 Å². The molecule has 0 aliphatic heterocycles. The van der Waals surface area contributed by atoms with Crippen LogP contribution in [0, 0.1) is 5.92 Å². The maximum Gasteiger partial charge on any atom is 0.0922 e. The number of hydrogen-bond acceptors (Lipinski definition) is 1. The molecule has 1 aromatic carbocycles. The normalized spacial score (nSPS) is 30.4. The maximum absolute atomic E-state index is 10.7. The topological polar surface area (TPSA) is 20.2 Å². The predicted octanol–water partition coefficient (Wildman–Crippen LogP) is 4.39. The molecule has 1 nitrogen and oxygen atoms in total. The van der Waals surface area contributed by atoms with Crippen molar-refractivity contribution in [1.29, 1.82) is 0 Å². The van der Waals surface area contributed by atoms with Crippen LogP contribution in [0.1, 0.15) is 38.2 Å². The van der Waals surface area contributed by atoms with Crippen molar-refractivity contribution in [3.63, 3.8) is 0 Å². The Balaban J connectivity index is 2.37. The Bertz CT molecular complexity index is 392. The molecular formula is C13H16Cl2O. The van der Waals surface area contributed by atoms with Gasteiger partial charge in [-0.25, -0.2) is 0 Å². The first-order chi connectivity index (χ1) is 7.54. The average Bonchev–Trinajstić information content (AvgIpc) is 2.26. The van der Waals surface area contributed by atoms with E-state index in [1.165, 1.54) is 6.42 Å². The Morgan fingerprint density at radius 2 is 2.00 bits per heavy atom. The summed E-state index contributed by atoms with van der Waals surface area (Å²) in [5.41, 5.74) is 0.168. The fourth-order valence-electron chi connectivity index (χ4n) is 2.52. The molecule has 2 unspecified atom stereocenters. The SMILES string of the molecule is CC1CCCCC1(O)c1ccc(Cl)c(Cl)c1. The number of hydrogen-bond donors (Lipinski definition) is 1. The quantitative estimate of drug-likeness (QED) is 0.792. The Hall–Kier alpha value is -0.240. The number of halogens is 2. The third-order valence-corrected chi connectivity index (χ3v) is 4.42. The summed E-state index contributed by atoms with van der Waals surface area (Å²) in [4.78, 5) is 0. The van der Waals surface area contributed by atoms with Gasteiger partial charge in [0.25, 0.3) is 0 Å². The molecule has 1 saturated carbocycles. The number of rotatable bonds is 1. The fraction of sp³-hybridized carbons (Fsp3) is 0.538. The zero-order valence-corrected chi connectivity index (χ0v) is 10.9. The van der Waals surface area contributed by atoms with Gasteiger partial charge < -0.3 is 5.11 Å². The summed E-state index contributed by atoms with van der Waals surface area (Å²) in [6.07, 6.45) is 4.15. The molecule has 2 rings (SSSR count). The molecule has 1 aromatic rings. The van der Waals surface area contributed by atoms with E-state index in [1.54, 1.807) is 12.1 Å². The molecule has 2 atom stereocenters. The van der Waals surface area contributed by atoms with Crippen LogP contribution in [0.5, 0.6) is 0 Å². The smallest absolute Gasteiger partial charge is 0.0922 e. The van der Waals surface area contributed by atoms with Crippen molar-refractivity contribution in [2.45, 2.75) is 38.2 Å². The van der Waals surface area contributed by atoms with Gasteiger partial charge in [-0.2, -0.15) is 0 Å². The highest BCUT2D eigenvalue weighted by molar-refractivity contribution is 6.42. The van der Waals surface area contributed by atoms with Crippen LogP contribution in [0.3, 0.4) is 0 Å². The highest BCUT2D eigenvalue weighted by Crippen LogP contribution is 2.42. The maximum atomic E-state index is 10.7. The van der Waals surface area contributed by atoms with Crippen LogP contribution in [0.2, 0.25) is 10.0 Å². The van der Waals surface area contributed by atoms with E-state index in [0.717, 1.165) is 24.8 Å². The van der Waals surface area contributed by atoms with E-state index in [9.17, 15) is 5.11 Å². The van der Waals surface area contributed by atoms with Gasteiger partial charge in [0.15, 0.2) is 0 Å². The average molecular weight is 259 g/mol. The molecule has 1 aliphatic rings. The van der Waals surface area contributed by atoms with Crippen LogP contribution in [0.15, 0.2) is 18.2 Å². The lowest BCUT2D eigenvalue weighted by molar-refractivity contribution is -0.0469. The molecule has 88 valence electrons. The van der Waals surface area contributed by atoms with Crippen LogP contribution in [0.25, 0.3) is 0 Å². The highest BCUT2D eigenvalue weighted by atomic mass is 35.5. The molecule has 3 heteroatoms. The van der Waals surface area contributed by atoms with Crippen LogP contribution in [-0.2, 0) is 5.60 Å². The van der Waals surface area contributed by atoms with E-state index < -0.39 is 5.60 Å². The van der Waals surface area contributed by atoms with Gasteiger partial charge in [-0.3, -0.25) is 0 Å². The third-order valence-electron chi connectivity index (χ3n) is 3.68. The minimum atomic E-state index is -0.730. The molecule has 1 aliphatic carbocycles. The van der Waals surface area contributed by atoms with E-state index in [0.29, 0.717) is 10.0 Å². The Kier molecular flexibility index (Phi) is 3.48. The van der Waals surface area contributed by atoms with Crippen molar-refractivity contribution >= 4 is 23.2 Å². The van der Waals surface area contributed by atoms with Crippen LogP contribution >= 0.6 is 23.2 Å². The van der Waals surface area contributed by atoms with Gasteiger partial charge in [0.2, 0.25) is 0 Å². The second-order valence-electron chi connectivity index (χ2n) is 4.70. The molecule has 1 fully saturated rings. The van der Waals surface area contributed by atoms with Crippen molar-refractivity contribution in [3.05, 3.63) is 33.8 Å². The first-order valence-corrected chi connectivity index (χ1v) is 6.47. The molecule has 0 aromatic heterocycles. The lowest BCUT2D eigenvalue weighted by Crippen LogP contribution is -2.36. The van der Waals surface area contributed by atoms with Gasteiger partial charge in [0.1, 0.15) is 0 Å². The second-order valence-corrected chi connectivity index (χ2v) is 5.51. The predicted molar refractivity (Wildman–Crippen MR) is 68.0 cm³/mol. The van der Waals surface area contributed by atoms with Crippen LogP contribution < -0.4 is 0 Å². The van der Waals surface area contributed by atoms with E-state index in [2.05, 4.69) is 6.92 Å². The first kappa shape index (κ1) is 12.2. The van der Waals surface area contributed by atoms with Gasteiger partial charge in [-0.15, -0.1) is 0 Å². The molecule has 1 N–H and O–H groups in total. The summed E-state index contributed by atoms with van der Waals surface area (Å²) in [7, 11) is 0. The Morgan fingerprint density at radius 1 is 1.25 bits per heavy atom. The van der Waals surface area contributed by atoms with E-state index >= 15 is 0 Å².